The van der Waals surface area contributed by atoms with Gasteiger partial charge in [-0.25, -0.2) is 8.42 Å². The summed E-state index contributed by atoms with van der Waals surface area (Å²) in [6, 6.07) is 8.17. The van der Waals surface area contributed by atoms with Crippen LogP contribution < -0.4 is 0 Å². The van der Waals surface area contributed by atoms with Crippen molar-refractivity contribution in [2.45, 2.75) is 26.2 Å². The molecular formula is C12H18O2S. The number of sulfone groups is 1. The number of aryl methyl sites for hydroxylation is 1. The number of rotatable bonds is 4. The largest absolute Gasteiger partial charge is 0.229 e. The first-order valence-corrected chi connectivity index (χ1v) is 7.21. The second kappa shape index (κ2) is 4.79. The molecule has 84 valence electrons. The van der Waals surface area contributed by atoms with Crippen LogP contribution in [0.25, 0.3) is 0 Å². The van der Waals surface area contributed by atoms with Gasteiger partial charge in [0.05, 0.1) is 5.75 Å². The van der Waals surface area contributed by atoms with Crippen molar-refractivity contribution in [2.24, 2.45) is 0 Å². The Labute approximate surface area is 92.2 Å². The minimum absolute atomic E-state index is 0.230. The average molecular weight is 226 g/mol. The topological polar surface area (TPSA) is 34.1 Å². The minimum Gasteiger partial charge on any atom is -0.229 e. The Balaban J connectivity index is 2.65. The molecule has 0 saturated carbocycles. The van der Waals surface area contributed by atoms with Crippen molar-refractivity contribution in [3.63, 3.8) is 0 Å². The molecule has 0 saturated heterocycles. The molecule has 0 aliphatic carbocycles. The first kappa shape index (κ1) is 12.2. The molecule has 2 nitrogen and oxygen atoms in total. The summed E-state index contributed by atoms with van der Waals surface area (Å²) in [6.45, 7) is 4.29. The molecule has 1 aromatic carbocycles. The highest BCUT2D eigenvalue weighted by molar-refractivity contribution is 7.90. The van der Waals surface area contributed by atoms with Crippen molar-refractivity contribution in [2.75, 3.05) is 12.0 Å². The molecule has 0 amide bonds. The van der Waals surface area contributed by atoms with Crippen molar-refractivity contribution in [1.29, 1.82) is 0 Å². The normalized spacial score (nSPS) is 12.0. The van der Waals surface area contributed by atoms with Crippen LogP contribution in [0.3, 0.4) is 0 Å². The third-order valence-electron chi connectivity index (χ3n) is 2.41. The highest BCUT2D eigenvalue weighted by atomic mass is 32.2. The van der Waals surface area contributed by atoms with E-state index >= 15 is 0 Å². The van der Waals surface area contributed by atoms with Crippen LogP contribution in [0.15, 0.2) is 24.3 Å². The van der Waals surface area contributed by atoms with Crippen LogP contribution in [-0.4, -0.2) is 20.4 Å². The van der Waals surface area contributed by atoms with Crippen LogP contribution in [0.4, 0.5) is 0 Å². The second-order valence-electron chi connectivity index (χ2n) is 4.28. The highest BCUT2D eigenvalue weighted by Gasteiger charge is 2.03. The Morgan fingerprint density at radius 1 is 1.13 bits per heavy atom. The van der Waals surface area contributed by atoms with Gasteiger partial charge in [0.1, 0.15) is 9.84 Å². The molecule has 0 spiro atoms. The summed E-state index contributed by atoms with van der Waals surface area (Å²) in [4.78, 5) is 0. The third kappa shape index (κ3) is 4.47. The molecule has 0 heterocycles. The van der Waals surface area contributed by atoms with Gasteiger partial charge in [0.15, 0.2) is 0 Å². The summed E-state index contributed by atoms with van der Waals surface area (Å²) in [7, 11) is -2.85. The van der Waals surface area contributed by atoms with E-state index in [9.17, 15) is 8.42 Å². The molecule has 0 unspecified atom stereocenters. The van der Waals surface area contributed by atoms with Gasteiger partial charge in [0.25, 0.3) is 0 Å². The van der Waals surface area contributed by atoms with Gasteiger partial charge in [-0.3, -0.25) is 0 Å². The fourth-order valence-corrected chi connectivity index (χ4v) is 1.98. The van der Waals surface area contributed by atoms with E-state index in [1.807, 2.05) is 12.1 Å². The Morgan fingerprint density at radius 2 is 1.67 bits per heavy atom. The Hall–Kier alpha value is -0.830. The number of benzene rings is 1. The molecule has 0 aliphatic heterocycles. The van der Waals surface area contributed by atoms with Gasteiger partial charge in [0.2, 0.25) is 0 Å². The zero-order chi connectivity index (χ0) is 11.5. The molecule has 0 atom stereocenters. The predicted octanol–water partition coefficient (Wildman–Crippen LogP) is 2.40. The van der Waals surface area contributed by atoms with Gasteiger partial charge in [-0.2, -0.15) is 0 Å². The zero-order valence-corrected chi connectivity index (χ0v) is 10.3. The average Bonchev–Trinajstić information content (AvgIpc) is 2.14. The third-order valence-corrected chi connectivity index (χ3v) is 3.35. The maximum atomic E-state index is 11.0. The van der Waals surface area contributed by atoms with Gasteiger partial charge in [-0.05, 0) is 23.5 Å². The molecule has 0 aliphatic rings. The smallest absolute Gasteiger partial charge is 0.147 e. The summed E-state index contributed by atoms with van der Waals surface area (Å²) in [6.07, 6.45) is 1.88. The van der Waals surface area contributed by atoms with Crippen LogP contribution >= 0.6 is 0 Å². The van der Waals surface area contributed by atoms with E-state index in [1.54, 1.807) is 0 Å². The van der Waals surface area contributed by atoms with Crippen molar-refractivity contribution in [3.05, 3.63) is 35.4 Å². The van der Waals surface area contributed by atoms with Crippen molar-refractivity contribution in [1.82, 2.24) is 0 Å². The minimum atomic E-state index is -2.85. The predicted molar refractivity (Wildman–Crippen MR) is 63.9 cm³/mol. The van der Waals surface area contributed by atoms with Gasteiger partial charge in [0, 0.05) is 6.26 Å². The van der Waals surface area contributed by atoms with E-state index in [0.717, 1.165) is 5.56 Å². The maximum absolute atomic E-state index is 11.0. The van der Waals surface area contributed by atoms with Crippen LogP contribution in [0.2, 0.25) is 0 Å². The van der Waals surface area contributed by atoms with E-state index in [1.165, 1.54) is 11.8 Å². The highest BCUT2D eigenvalue weighted by Crippen LogP contribution is 2.15. The van der Waals surface area contributed by atoms with Crippen molar-refractivity contribution in [3.8, 4) is 0 Å². The number of hydrogen-bond donors (Lipinski definition) is 0. The molecular weight excluding hydrogens is 208 g/mol. The summed E-state index contributed by atoms with van der Waals surface area (Å²) in [5.74, 6) is 0.752. The fourth-order valence-electron chi connectivity index (χ4n) is 1.37. The van der Waals surface area contributed by atoms with E-state index in [0.29, 0.717) is 12.3 Å². The van der Waals surface area contributed by atoms with Crippen molar-refractivity contribution >= 4 is 9.84 Å². The monoisotopic (exact) mass is 226 g/mol. The van der Waals surface area contributed by atoms with E-state index in [2.05, 4.69) is 26.0 Å². The molecule has 0 bridgehead atoms. The van der Waals surface area contributed by atoms with Crippen LogP contribution in [0, 0.1) is 0 Å². The first-order chi connectivity index (χ1) is 6.88. The van der Waals surface area contributed by atoms with Crippen LogP contribution in [-0.2, 0) is 16.3 Å². The Bertz CT molecular complexity index is 402. The van der Waals surface area contributed by atoms with Crippen LogP contribution in [0.5, 0.6) is 0 Å². The lowest BCUT2D eigenvalue weighted by Crippen LogP contribution is -2.05. The van der Waals surface area contributed by atoms with Gasteiger partial charge in [-0.1, -0.05) is 38.1 Å². The molecule has 1 aromatic rings. The molecule has 0 aromatic heterocycles. The number of hydrogen-bond acceptors (Lipinski definition) is 2. The van der Waals surface area contributed by atoms with Gasteiger partial charge >= 0.3 is 0 Å². The standard InChI is InChI=1S/C12H18O2S/c1-10(2)12-6-4-11(5-7-12)8-9-15(3,13)14/h4-7,10H,8-9H2,1-3H3. The molecule has 0 fully saturated rings. The van der Waals surface area contributed by atoms with E-state index in [-0.39, 0.29) is 5.75 Å². The Morgan fingerprint density at radius 3 is 2.07 bits per heavy atom. The molecule has 1 rings (SSSR count). The molecule has 15 heavy (non-hydrogen) atoms. The maximum Gasteiger partial charge on any atom is 0.147 e. The zero-order valence-electron chi connectivity index (χ0n) is 9.53. The second-order valence-corrected chi connectivity index (χ2v) is 6.54. The molecule has 0 N–H and O–H groups in total. The molecule has 0 radical (unpaired) electrons. The van der Waals surface area contributed by atoms with E-state index in [4.69, 9.17) is 0 Å². The quantitative estimate of drug-likeness (QED) is 0.790. The van der Waals surface area contributed by atoms with Crippen molar-refractivity contribution < 1.29 is 8.42 Å². The Kier molecular flexibility index (Phi) is 3.91. The lowest BCUT2D eigenvalue weighted by atomic mass is 10.0. The lowest BCUT2D eigenvalue weighted by Gasteiger charge is -2.06. The van der Waals surface area contributed by atoms with E-state index < -0.39 is 9.84 Å². The molecule has 3 heteroatoms. The lowest BCUT2D eigenvalue weighted by molar-refractivity contribution is 0.601. The summed E-state index contributed by atoms with van der Waals surface area (Å²) in [5.41, 5.74) is 2.38. The summed E-state index contributed by atoms with van der Waals surface area (Å²) >= 11 is 0. The summed E-state index contributed by atoms with van der Waals surface area (Å²) in [5, 5.41) is 0. The van der Waals surface area contributed by atoms with Gasteiger partial charge < -0.3 is 0 Å². The van der Waals surface area contributed by atoms with Crippen LogP contribution in [0.1, 0.15) is 30.9 Å². The first-order valence-electron chi connectivity index (χ1n) is 5.15. The summed E-state index contributed by atoms with van der Waals surface area (Å²) < 4.78 is 22.0. The van der Waals surface area contributed by atoms with Gasteiger partial charge in [-0.15, -0.1) is 0 Å². The fraction of sp³-hybridized carbons (Fsp3) is 0.500. The SMILES string of the molecule is CC(C)c1ccc(CCS(C)(=O)=O)cc1.